The van der Waals surface area contributed by atoms with Crippen LogP contribution in [-0.2, 0) is 4.79 Å². The Morgan fingerprint density at radius 3 is 2.33 bits per heavy atom. The molecule has 2 rings (SSSR count). The fraction of sp³-hybridized carbons (Fsp3) is 0.833. The van der Waals surface area contributed by atoms with Gasteiger partial charge in [-0.15, -0.1) is 0 Å². The molecule has 1 saturated carbocycles. The summed E-state index contributed by atoms with van der Waals surface area (Å²) in [5.41, 5.74) is 0. The molecule has 2 unspecified atom stereocenters. The molecule has 2 aliphatic rings. The smallest absolute Gasteiger partial charge is 0.317 e. The van der Waals surface area contributed by atoms with E-state index in [4.69, 9.17) is 5.11 Å². The number of amides is 2. The molecular weight excluding hydrogens is 236 g/mol. The summed E-state index contributed by atoms with van der Waals surface area (Å²) >= 11 is 0. The Hall–Kier alpha value is -1.30. The lowest BCUT2D eigenvalue weighted by atomic mass is 10.1. The molecule has 0 radical (unpaired) electrons. The highest BCUT2D eigenvalue weighted by Crippen LogP contribution is 2.25. The zero-order chi connectivity index (χ0) is 13.1. The minimum atomic E-state index is -0.771. The summed E-state index contributed by atoms with van der Waals surface area (Å²) < 4.78 is 0. The van der Waals surface area contributed by atoms with E-state index < -0.39 is 5.97 Å². The number of carboxylic acids is 1. The maximum atomic E-state index is 11.9. The van der Waals surface area contributed by atoms with Gasteiger partial charge in [0.2, 0.25) is 0 Å². The van der Waals surface area contributed by atoms with Gasteiger partial charge in [0, 0.05) is 19.1 Å². The van der Waals surface area contributed by atoms with E-state index in [2.05, 4.69) is 5.32 Å². The van der Waals surface area contributed by atoms with E-state index in [9.17, 15) is 14.7 Å². The van der Waals surface area contributed by atoms with E-state index >= 15 is 0 Å². The molecule has 2 fully saturated rings. The van der Waals surface area contributed by atoms with Crippen LogP contribution in [0.25, 0.3) is 0 Å². The maximum absolute atomic E-state index is 11.9. The topological polar surface area (TPSA) is 89.9 Å². The number of likely N-dealkylation sites (tertiary alicyclic amines) is 1. The fourth-order valence-corrected chi connectivity index (χ4v) is 2.67. The molecule has 1 heterocycles. The van der Waals surface area contributed by atoms with Gasteiger partial charge >= 0.3 is 12.0 Å². The zero-order valence-electron chi connectivity index (χ0n) is 10.3. The van der Waals surface area contributed by atoms with Crippen molar-refractivity contribution in [2.45, 2.75) is 44.2 Å². The highest BCUT2D eigenvalue weighted by Gasteiger charge is 2.31. The summed E-state index contributed by atoms with van der Waals surface area (Å²) in [6.07, 6.45) is 2.85. The predicted molar refractivity (Wildman–Crippen MR) is 64.1 cm³/mol. The molecule has 0 aromatic carbocycles. The number of carbonyl (C=O) groups excluding carboxylic acids is 1. The Labute approximate surface area is 106 Å². The third-order valence-electron chi connectivity index (χ3n) is 3.86. The lowest BCUT2D eigenvalue weighted by Crippen LogP contribution is -2.48. The van der Waals surface area contributed by atoms with Gasteiger partial charge in [-0.3, -0.25) is 4.79 Å². The number of hydrogen-bond acceptors (Lipinski definition) is 3. The van der Waals surface area contributed by atoms with Gasteiger partial charge in [-0.25, -0.2) is 4.79 Å². The molecule has 1 saturated heterocycles. The second-order valence-electron chi connectivity index (χ2n) is 5.21. The van der Waals surface area contributed by atoms with Crippen LogP contribution >= 0.6 is 0 Å². The van der Waals surface area contributed by atoms with Gasteiger partial charge in [0.15, 0.2) is 0 Å². The summed E-state index contributed by atoms with van der Waals surface area (Å²) in [4.78, 5) is 24.4. The number of piperidine rings is 1. The fourth-order valence-electron chi connectivity index (χ4n) is 2.67. The van der Waals surface area contributed by atoms with Gasteiger partial charge in [0.05, 0.1) is 12.0 Å². The predicted octanol–water partition coefficient (Wildman–Crippen LogP) is 0.406. The molecule has 2 atom stereocenters. The Balaban J connectivity index is 1.76. The van der Waals surface area contributed by atoms with Crippen LogP contribution in [0.4, 0.5) is 4.79 Å². The van der Waals surface area contributed by atoms with E-state index in [1.165, 1.54) is 0 Å². The molecule has 6 nitrogen and oxygen atoms in total. The second-order valence-corrected chi connectivity index (χ2v) is 5.21. The van der Waals surface area contributed by atoms with Crippen molar-refractivity contribution in [3.05, 3.63) is 0 Å². The molecule has 6 heteroatoms. The SMILES string of the molecule is O=C(O)C1CCC(NC(=O)N2CCC(O)CC2)C1. The summed E-state index contributed by atoms with van der Waals surface area (Å²) in [5.74, 6) is -1.09. The molecule has 1 aliphatic carbocycles. The minimum Gasteiger partial charge on any atom is -0.481 e. The van der Waals surface area contributed by atoms with Crippen LogP contribution in [0.3, 0.4) is 0 Å². The van der Waals surface area contributed by atoms with Crippen LogP contribution in [0.1, 0.15) is 32.1 Å². The molecule has 18 heavy (non-hydrogen) atoms. The van der Waals surface area contributed by atoms with Crippen LogP contribution in [0.5, 0.6) is 0 Å². The van der Waals surface area contributed by atoms with Gasteiger partial charge in [-0.05, 0) is 32.1 Å². The van der Waals surface area contributed by atoms with Crippen molar-refractivity contribution >= 4 is 12.0 Å². The Bertz CT molecular complexity index is 326. The molecule has 3 N–H and O–H groups in total. The number of urea groups is 1. The van der Waals surface area contributed by atoms with Crippen LogP contribution in [-0.4, -0.2) is 52.3 Å². The summed E-state index contributed by atoms with van der Waals surface area (Å²) in [6.45, 7) is 1.14. The van der Waals surface area contributed by atoms with Crippen LogP contribution < -0.4 is 5.32 Å². The van der Waals surface area contributed by atoms with Crippen molar-refractivity contribution < 1.29 is 19.8 Å². The Morgan fingerprint density at radius 1 is 1.11 bits per heavy atom. The van der Waals surface area contributed by atoms with Crippen molar-refractivity contribution in [2.75, 3.05) is 13.1 Å². The molecule has 2 amide bonds. The number of aliphatic hydroxyl groups excluding tert-OH is 1. The normalized spacial score (nSPS) is 29.3. The molecule has 1 aliphatic heterocycles. The lowest BCUT2D eigenvalue weighted by Gasteiger charge is -2.30. The molecule has 102 valence electrons. The van der Waals surface area contributed by atoms with Crippen molar-refractivity contribution in [2.24, 2.45) is 5.92 Å². The standard InChI is InChI=1S/C12H20N2O4/c15-10-3-5-14(6-4-10)12(18)13-9-2-1-8(7-9)11(16)17/h8-10,15H,1-7H2,(H,13,18)(H,16,17). The lowest BCUT2D eigenvalue weighted by molar-refractivity contribution is -0.141. The number of aliphatic carboxylic acids is 1. The molecular formula is C12H20N2O4. The Morgan fingerprint density at radius 2 is 1.78 bits per heavy atom. The van der Waals surface area contributed by atoms with Gasteiger partial charge in [0.25, 0.3) is 0 Å². The first-order valence-corrected chi connectivity index (χ1v) is 6.52. The highest BCUT2D eigenvalue weighted by molar-refractivity contribution is 5.75. The van der Waals surface area contributed by atoms with E-state index in [0.29, 0.717) is 38.8 Å². The average Bonchev–Trinajstić information content (AvgIpc) is 2.78. The molecule has 0 aromatic heterocycles. The molecule has 0 aromatic rings. The van der Waals surface area contributed by atoms with Crippen molar-refractivity contribution in [3.8, 4) is 0 Å². The number of hydrogen-bond donors (Lipinski definition) is 3. The first-order chi connectivity index (χ1) is 8.56. The number of rotatable bonds is 2. The summed E-state index contributed by atoms with van der Waals surface area (Å²) in [6, 6.07) is -0.150. The second kappa shape index (κ2) is 5.56. The van der Waals surface area contributed by atoms with Crippen LogP contribution in [0.15, 0.2) is 0 Å². The van der Waals surface area contributed by atoms with Gasteiger partial charge in [0.1, 0.15) is 0 Å². The Kier molecular flexibility index (Phi) is 4.06. The van der Waals surface area contributed by atoms with E-state index in [0.717, 1.165) is 6.42 Å². The minimum absolute atomic E-state index is 0.0227. The van der Waals surface area contributed by atoms with Gasteiger partial charge < -0.3 is 20.4 Å². The first kappa shape index (κ1) is 13.1. The largest absolute Gasteiger partial charge is 0.481 e. The van der Waals surface area contributed by atoms with Crippen LogP contribution in [0.2, 0.25) is 0 Å². The van der Waals surface area contributed by atoms with E-state index in [-0.39, 0.29) is 24.1 Å². The van der Waals surface area contributed by atoms with E-state index in [1.807, 2.05) is 0 Å². The average molecular weight is 256 g/mol. The number of aliphatic hydroxyl groups is 1. The van der Waals surface area contributed by atoms with Crippen LogP contribution in [0, 0.1) is 5.92 Å². The molecule has 0 spiro atoms. The van der Waals surface area contributed by atoms with Gasteiger partial charge in [-0.2, -0.15) is 0 Å². The zero-order valence-corrected chi connectivity index (χ0v) is 10.3. The monoisotopic (exact) mass is 256 g/mol. The maximum Gasteiger partial charge on any atom is 0.317 e. The number of carboxylic acid groups (broad SMARTS) is 1. The summed E-state index contributed by atoms with van der Waals surface area (Å²) in [5, 5.41) is 21.1. The number of nitrogens with zero attached hydrogens (tertiary/aromatic N) is 1. The van der Waals surface area contributed by atoms with Crippen molar-refractivity contribution in [3.63, 3.8) is 0 Å². The highest BCUT2D eigenvalue weighted by atomic mass is 16.4. The van der Waals surface area contributed by atoms with Crippen molar-refractivity contribution in [1.82, 2.24) is 10.2 Å². The summed E-state index contributed by atoms with van der Waals surface area (Å²) in [7, 11) is 0. The van der Waals surface area contributed by atoms with Crippen molar-refractivity contribution in [1.29, 1.82) is 0 Å². The first-order valence-electron chi connectivity index (χ1n) is 6.52. The quantitative estimate of drug-likeness (QED) is 0.667. The molecule has 0 bridgehead atoms. The van der Waals surface area contributed by atoms with Gasteiger partial charge in [-0.1, -0.05) is 0 Å². The number of carbonyl (C=O) groups is 2. The number of nitrogens with one attached hydrogen (secondary N) is 1. The third kappa shape index (κ3) is 3.13. The van der Waals surface area contributed by atoms with E-state index in [1.54, 1.807) is 4.90 Å². The third-order valence-corrected chi connectivity index (χ3v) is 3.86.